The van der Waals surface area contributed by atoms with Crippen molar-refractivity contribution in [3.05, 3.63) is 29.8 Å². The molecule has 2 fully saturated rings. The Hall–Kier alpha value is -1.66. The summed E-state index contributed by atoms with van der Waals surface area (Å²) in [4.78, 5) is 19.2. The van der Waals surface area contributed by atoms with E-state index < -0.39 is 0 Å². The number of nitrogens with zero attached hydrogens (tertiary/aromatic N) is 3. The van der Waals surface area contributed by atoms with E-state index in [4.69, 9.17) is 12.2 Å². The van der Waals surface area contributed by atoms with E-state index in [-0.39, 0.29) is 5.91 Å². The average molecular weight is 389 g/mol. The number of anilines is 1. The molecular formula is C21H32N4OS. The Labute approximate surface area is 168 Å². The molecular weight excluding hydrogens is 356 g/mol. The third kappa shape index (κ3) is 5.66. The van der Waals surface area contributed by atoms with Gasteiger partial charge in [0.2, 0.25) is 5.91 Å². The number of amides is 1. The van der Waals surface area contributed by atoms with Crippen molar-refractivity contribution in [2.75, 3.05) is 51.1 Å². The van der Waals surface area contributed by atoms with Crippen molar-refractivity contribution in [2.24, 2.45) is 11.8 Å². The van der Waals surface area contributed by atoms with Gasteiger partial charge in [-0.3, -0.25) is 9.69 Å². The third-order valence-electron chi connectivity index (χ3n) is 5.51. The van der Waals surface area contributed by atoms with Crippen LogP contribution >= 0.6 is 12.2 Å². The molecule has 0 saturated carbocycles. The summed E-state index contributed by atoms with van der Waals surface area (Å²) < 4.78 is 0. The highest BCUT2D eigenvalue weighted by molar-refractivity contribution is 7.80. The van der Waals surface area contributed by atoms with E-state index in [0.29, 0.717) is 18.4 Å². The highest BCUT2D eigenvalue weighted by Crippen LogP contribution is 2.21. The maximum atomic E-state index is 12.7. The molecule has 0 aliphatic carbocycles. The summed E-state index contributed by atoms with van der Waals surface area (Å²) >= 11 is 5.58. The lowest BCUT2D eigenvalue weighted by Gasteiger charge is -2.39. The number of benzene rings is 1. The molecule has 27 heavy (non-hydrogen) atoms. The number of nitrogens with one attached hydrogen (secondary N) is 1. The molecule has 0 radical (unpaired) electrons. The first-order valence-corrected chi connectivity index (χ1v) is 10.4. The first kappa shape index (κ1) is 20.1. The standard InChI is InChI=1S/C21H32N4OS/c1-16-5-4-6-19(12-16)22-21(27)24-9-7-23(8-10-24)15-20(26)25-13-17(2)11-18(3)14-25/h4-6,12,17-18H,7-11,13-15H2,1-3H3,(H,22,27)/t17-,18-/m0/s1. The van der Waals surface area contributed by atoms with Crippen LogP contribution < -0.4 is 5.32 Å². The highest BCUT2D eigenvalue weighted by atomic mass is 32.1. The molecule has 0 unspecified atom stereocenters. The minimum Gasteiger partial charge on any atom is -0.346 e. The molecule has 0 aromatic heterocycles. The van der Waals surface area contributed by atoms with E-state index in [1.807, 2.05) is 12.1 Å². The van der Waals surface area contributed by atoms with Gasteiger partial charge in [-0.25, -0.2) is 0 Å². The second-order valence-electron chi connectivity index (χ2n) is 8.31. The van der Waals surface area contributed by atoms with Gasteiger partial charge in [0.1, 0.15) is 0 Å². The molecule has 0 spiro atoms. The topological polar surface area (TPSA) is 38.8 Å². The van der Waals surface area contributed by atoms with Crippen LogP contribution in [0.4, 0.5) is 5.69 Å². The van der Waals surface area contributed by atoms with Crippen molar-refractivity contribution < 1.29 is 4.79 Å². The van der Waals surface area contributed by atoms with Crippen LogP contribution in [0.5, 0.6) is 0 Å². The Balaban J connectivity index is 1.44. The Morgan fingerprint density at radius 3 is 2.41 bits per heavy atom. The largest absolute Gasteiger partial charge is 0.346 e. The van der Waals surface area contributed by atoms with Crippen LogP contribution in [0.15, 0.2) is 24.3 Å². The van der Waals surface area contributed by atoms with E-state index in [0.717, 1.165) is 50.1 Å². The molecule has 3 rings (SSSR count). The van der Waals surface area contributed by atoms with Crippen molar-refractivity contribution in [1.29, 1.82) is 0 Å². The molecule has 0 bridgehead atoms. The molecule has 1 aromatic carbocycles. The second-order valence-corrected chi connectivity index (χ2v) is 8.69. The smallest absolute Gasteiger partial charge is 0.236 e. The molecule has 2 atom stereocenters. The van der Waals surface area contributed by atoms with E-state index in [2.05, 4.69) is 52.9 Å². The van der Waals surface area contributed by atoms with Gasteiger partial charge >= 0.3 is 0 Å². The van der Waals surface area contributed by atoms with E-state index >= 15 is 0 Å². The zero-order chi connectivity index (χ0) is 19.4. The fraction of sp³-hybridized carbons (Fsp3) is 0.619. The average Bonchev–Trinajstić information content (AvgIpc) is 2.61. The number of rotatable bonds is 3. The van der Waals surface area contributed by atoms with Gasteiger partial charge in [-0.05, 0) is 55.1 Å². The lowest BCUT2D eigenvalue weighted by Crippen LogP contribution is -2.53. The summed E-state index contributed by atoms with van der Waals surface area (Å²) in [5.74, 6) is 1.50. The molecule has 1 amide bonds. The molecule has 2 aliphatic rings. The summed E-state index contributed by atoms with van der Waals surface area (Å²) in [6.07, 6.45) is 1.23. The molecule has 1 aromatic rings. The number of aryl methyl sites for hydroxylation is 1. The van der Waals surface area contributed by atoms with Crippen LogP contribution in [-0.4, -0.2) is 71.5 Å². The van der Waals surface area contributed by atoms with Gasteiger partial charge in [0.05, 0.1) is 6.54 Å². The number of carbonyl (C=O) groups excluding carboxylic acids is 1. The third-order valence-corrected chi connectivity index (χ3v) is 5.87. The van der Waals surface area contributed by atoms with Crippen LogP contribution in [0.25, 0.3) is 0 Å². The normalized spacial score (nSPS) is 24.0. The van der Waals surface area contributed by atoms with E-state index in [1.54, 1.807) is 0 Å². The van der Waals surface area contributed by atoms with Crippen molar-refractivity contribution in [2.45, 2.75) is 27.2 Å². The Kier molecular flexibility index (Phi) is 6.71. The van der Waals surface area contributed by atoms with Crippen molar-refractivity contribution >= 4 is 28.9 Å². The van der Waals surface area contributed by atoms with Crippen LogP contribution in [-0.2, 0) is 4.79 Å². The first-order valence-electron chi connectivity index (χ1n) is 10.0. The monoisotopic (exact) mass is 388 g/mol. The quantitative estimate of drug-likeness (QED) is 0.806. The number of piperazine rings is 1. The Morgan fingerprint density at radius 1 is 1.11 bits per heavy atom. The van der Waals surface area contributed by atoms with Gasteiger partial charge in [-0.1, -0.05) is 26.0 Å². The number of piperidine rings is 1. The number of carbonyl (C=O) groups is 1. The second kappa shape index (κ2) is 9.02. The lowest BCUT2D eigenvalue weighted by atomic mass is 9.92. The SMILES string of the molecule is Cc1cccc(NC(=S)N2CCN(CC(=O)N3C[C@@H](C)C[C@H](C)C3)CC2)c1. The van der Waals surface area contributed by atoms with Crippen LogP contribution in [0.3, 0.4) is 0 Å². The zero-order valence-corrected chi connectivity index (χ0v) is 17.6. The predicted octanol–water partition coefficient (Wildman–Crippen LogP) is 2.81. The summed E-state index contributed by atoms with van der Waals surface area (Å²) in [5, 5.41) is 4.10. The number of hydrogen-bond acceptors (Lipinski definition) is 3. The molecule has 5 nitrogen and oxygen atoms in total. The minimum atomic E-state index is 0.280. The van der Waals surface area contributed by atoms with E-state index in [1.165, 1.54) is 12.0 Å². The summed E-state index contributed by atoms with van der Waals surface area (Å²) in [7, 11) is 0. The van der Waals surface area contributed by atoms with Gasteiger partial charge < -0.3 is 15.1 Å². The summed E-state index contributed by atoms with van der Waals surface area (Å²) in [6.45, 7) is 12.4. The van der Waals surface area contributed by atoms with Gasteiger partial charge in [-0.2, -0.15) is 0 Å². The molecule has 148 valence electrons. The lowest BCUT2D eigenvalue weighted by molar-refractivity contribution is -0.135. The van der Waals surface area contributed by atoms with Crippen molar-refractivity contribution in [3.8, 4) is 0 Å². The maximum Gasteiger partial charge on any atom is 0.236 e. The summed E-state index contributed by atoms with van der Waals surface area (Å²) in [5.41, 5.74) is 2.25. The van der Waals surface area contributed by atoms with Crippen LogP contribution in [0.1, 0.15) is 25.8 Å². The molecule has 6 heteroatoms. The van der Waals surface area contributed by atoms with Crippen LogP contribution in [0.2, 0.25) is 0 Å². The number of thiocarbonyl (C=S) groups is 1. The van der Waals surface area contributed by atoms with Crippen molar-refractivity contribution in [1.82, 2.24) is 14.7 Å². The Bertz CT molecular complexity index is 662. The van der Waals surface area contributed by atoms with E-state index in [9.17, 15) is 4.79 Å². The van der Waals surface area contributed by atoms with Gasteiger partial charge in [0, 0.05) is 45.0 Å². The highest BCUT2D eigenvalue weighted by Gasteiger charge is 2.27. The maximum absolute atomic E-state index is 12.7. The zero-order valence-electron chi connectivity index (χ0n) is 16.8. The fourth-order valence-electron chi connectivity index (χ4n) is 4.19. The fourth-order valence-corrected chi connectivity index (χ4v) is 4.49. The van der Waals surface area contributed by atoms with Crippen LogP contribution in [0, 0.1) is 18.8 Å². The van der Waals surface area contributed by atoms with Gasteiger partial charge in [0.25, 0.3) is 0 Å². The molecule has 2 heterocycles. The number of likely N-dealkylation sites (tertiary alicyclic amines) is 1. The molecule has 2 saturated heterocycles. The van der Waals surface area contributed by atoms with Crippen molar-refractivity contribution in [3.63, 3.8) is 0 Å². The molecule has 2 aliphatic heterocycles. The number of hydrogen-bond donors (Lipinski definition) is 1. The first-order chi connectivity index (χ1) is 12.9. The van der Waals surface area contributed by atoms with Gasteiger partial charge in [0.15, 0.2) is 5.11 Å². The minimum absolute atomic E-state index is 0.280. The van der Waals surface area contributed by atoms with Gasteiger partial charge in [-0.15, -0.1) is 0 Å². The Morgan fingerprint density at radius 2 is 1.78 bits per heavy atom. The predicted molar refractivity (Wildman–Crippen MR) is 115 cm³/mol. The molecule has 1 N–H and O–H groups in total. The summed E-state index contributed by atoms with van der Waals surface area (Å²) in [6, 6.07) is 8.25.